The van der Waals surface area contributed by atoms with Crippen molar-refractivity contribution in [1.29, 1.82) is 0 Å². The van der Waals surface area contributed by atoms with E-state index >= 15 is 0 Å². The number of phenolic OH excluding ortho intramolecular Hbond substituents is 1. The Labute approximate surface area is 156 Å². The van der Waals surface area contributed by atoms with Crippen molar-refractivity contribution in [3.8, 4) is 11.5 Å². The van der Waals surface area contributed by atoms with E-state index in [2.05, 4.69) is 0 Å². The van der Waals surface area contributed by atoms with Crippen LogP contribution in [0.4, 0.5) is 0 Å². The van der Waals surface area contributed by atoms with Crippen LogP contribution in [0.5, 0.6) is 11.5 Å². The summed E-state index contributed by atoms with van der Waals surface area (Å²) in [6.07, 6.45) is 1.04. The highest BCUT2D eigenvalue weighted by molar-refractivity contribution is 5.91. The van der Waals surface area contributed by atoms with E-state index in [4.69, 9.17) is 4.74 Å². The monoisotopic (exact) mass is 362 g/mol. The predicted octanol–water partition coefficient (Wildman–Crippen LogP) is 4.09. The maximum Gasteiger partial charge on any atom is 0.343 e. The van der Waals surface area contributed by atoms with Gasteiger partial charge in [0.1, 0.15) is 11.5 Å². The Morgan fingerprint density at radius 3 is 2.07 bits per heavy atom. The molecule has 3 rings (SSSR count). The van der Waals surface area contributed by atoms with Gasteiger partial charge in [-0.3, -0.25) is 0 Å². The number of benzene rings is 3. The van der Waals surface area contributed by atoms with Crippen molar-refractivity contribution in [1.82, 2.24) is 0 Å². The Morgan fingerprint density at radius 2 is 1.37 bits per heavy atom. The molecule has 0 bridgehead atoms. The number of rotatable bonds is 6. The van der Waals surface area contributed by atoms with Gasteiger partial charge in [0.25, 0.3) is 0 Å². The smallest absolute Gasteiger partial charge is 0.343 e. The molecule has 3 aromatic rings. The maximum atomic E-state index is 12.3. The maximum absolute atomic E-state index is 12.3. The van der Waals surface area contributed by atoms with E-state index < -0.39 is 11.9 Å². The van der Waals surface area contributed by atoms with Gasteiger partial charge < -0.3 is 14.9 Å². The molecule has 0 aliphatic heterocycles. The van der Waals surface area contributed by atoms with Crippen molar-refractivity contribution in [2.24, 2.45) is 0 Å². The molecule has 0 radical (unpaired) electrons. The van der Waals surface area contributed by atoms with E-state index in [1.165, 1.54) is 24.3 Å². The minimum atomic E-state index is -0.961. The summed E-state index contributed by atoms with van der Waals surface area (Å²) in [7, 11) is 0. The van der Waals surface area contributed by atoms with Crippen LogP contribution in [0.15, 0.2) is 72.8 Å². The molecule has 2 N–H and O–H groups in total. The molecule has 3 aromatic carbocycles. The number of aromatic hydroxyl groups is 1. The quantitative estimate of drug-likeness (QED) is 0.510. The Hall–Kier alpha value is -3.60. The lowest BCUT2D eigenvalue weighted by Crippen LogP contribution is -2.10. The van der Waals surface area contributed by atoms with Gasteiger partial charge in [0.15, 0.2) is 0 Å². The van der Waals surface area contributed by atoms with E-state index in [0.29, 0.717) is 24.2 Å². The molecule has 0 saturated heterocycles. The zero-order chi connectivity index (χ0) is 19.2. The molecule has 27 heavy (non-hydrogen) atoms. The van der Waals surface area contributed by atoms with Gasteiger partial charge in [0.05, 0.1) is 11.1 Å². The van der Waals surface area contributed by atoms with E-state index in [0.717, 1.165) is 11.1 Å². The predicted molar refractivity (Wildman–Crippen MR) is 100 cm³/mol. The number of phenols is 1. The van der Waals surface area contributed by atoms with Crippen molar-refractivity contribution in [3.63, 3.8) is 0 Å². The highest BCUT2D eigenvalue weighted by atomic mass is 16.5. The summed E-state index contributed by atoms with van der Waals surface area (Å²) in [5.41, 5.74) is 2.14. The third kappa shape index (κ3) is 4.52. The topological polar surface area (TPSA) is 83.8 Å². The fraction of sp³-hybridized carbons (Fsp3) is 0.0909. The third-order valence-corrected chi connectivity index (χ3v) is 4.19. The van der Waals surface area contributed by atoms with Crippen LogP contribution >= 0.6 is 0 Å². The molecule has 5 nitrogen and oxygen atoms in total. The fourth-order valence-corrected chi connectivity index (χ4v) is 2.78. The summed E-state index contributed by atoms with van der Waals surface area (Å²) in [5.74, 6) is -0.974. The van der Waals surface area contributed by atoms with Crippen molar-refractivity contribution in [3.05, 3.63) is 95.1 Å². The second-order valence-corrected chi connectivity index (χ2v) is 6.01. The molecular formula is C22H18O5. The molecule has 0 aromatic heterocycles. The molecule has 0 saturated carbocycles. The number of hydrogen-bond donors (Lipinski definition) is 2. The summed E-state index contributed by atoms with van der Waals surface area (Å²) in [5, 5.41) is 18.6. The Bertz CT molecular complexity index is 960. The number of aromatic carboxylic acids is 1. The third-order valence-electron chi connectivity index (χ3n) is 4.19. The summed E-state index contributed by atoms with van der Waals surface area (Å²) >= 11 is 0. The first-order valence-electron chi connectivity index (χ1n) is 8.45. The molecule has 0 spiro atoms. The van der Waals surface area contributed by atoms with Gasteiger partial charge in [-0.15, -0.1) is 0 Å². The minimum absolute atomic E-state index is 0.0732. The second kappa shape index (κ2) is 8.19. The van der Waals surface area contributed by atoms with Crippen molar-refractivity contribution >= 4 is 11.9 Å². The summed E-state index contributed by atoms with van der Waals surface area (Å²) in [6.45, 7) is 0. The van der Waals surface area contributed by atoms with Crippen LogP contribution in [0.3, 0.4) is 0 Å². The average molecular weight is 362 g/mol. The van der Waals surface area contributed by atoms with E-state index in [1.54, 1.807) is 36.4 Å². The number of aryl methyl sites for hydroxylation is 2. The van der Waals surface area contributed by atoms with Crippen LogP contribution in [-0.2, 0) is 12.8 Å². The lowest BCUT2D eigenvalue weighted by atomic mass is 9.99. The number of carboxylic acid groups (broad SMARTS) is 1. The Balaban J connectivity index is 1.76. The number of carbonyl (C=O) groups excluding carboxylic acids is 1. The minimum Gasteiger partial charge on any atom is -0.508 e. The van der Waals surface area contributed by atoms with Gasteiger partial charge in [-0.25, -0.2) is 9.59 Å². The van der Waals surface area contributed by atoms with Crippen LogP contribution in [-0.4, -0.2) is 22.2 Å². The number of carboxylic acids is 1. The van der Waals surface area contributed by atoms with Crippen molar-refractivity contribution in [2.45, 2.75) is 12.8 Å². The largest absolute Gasteiger partial charge is 0.508 e. The molecule has 0 unspecified atom stereocenters. The Morgan fingerprint density at radius 1 is 0.778 bits per heavy atom. The first-order valence-corrected chi connectivity index (χ1v) is 8.45. The molecular weight excluding hydrogens is 344 g/mol. The Kier molecular flexibility index (Phi) is 5.52. The van der Waals surface area contributed by atoms with Gasteiger partial charge in [-0.2, -0.15) is 0 Å². The lowest BCUT2D eigenvalue weighted by Gasteiger charge is -2.11. The molecule has 0 fully saturated rings. The average Bonchev–Trinajstić information content (AvgIpc) is 2.68. The van der Waals surface area contributed by atoms with Gasteiger partial charge in [-0.05, 0) is 60.4 Å². The summed E-state index contributed by atoms with van der Waals surface area (Å²) < 4.78 is 5.50. The molecule has 5 heteroatoms. The molecule has 0 aliphatic rings. The van der Waals surface area contributed by atoms with Crippen molar-refractivity contribution in [2.75, 3.05) is 0 Å². The summed E-state index contributed by atoms with van der Waals surface area (Å²) in [6, 6.07) is 19.9. The number of carbonyl (C=O) groups is 2. The number of esters is 1. The zero-order valence-corrected chi connectivity index (χ0v) is 14.5. The van der Waals surface area contributed by atoms with Gasteiger partial charge in [0.2, 0.25) is 0 Å². The van der Waals surface area contributed by atoms with Crippen LogP contribution < -0.4 is 4.74 Å². The standard InChI is InChI=1S/C22H18O5/c23-18-13-11-17(12-14-18)22(26)27-20-8-4-2-6-16(20)10-9-15-5-1-3-7-19(15)21(24)25/h1-8,11-14,23H,9-10H2,(H,24,25). The normalized spacial score (nSPS) is 10.4. The van der Waals surface area contributed by atoms with Gasteiger partial charge >= 0.3 is 11.9 Å². The lowest BCUT2D eigenvalue weighted by molar-refractivity contribution is 0.0693. The fourth-order valence-electron chi connectivity index (χ4n) is 2.78. The first-order chi connectivity index (χ1) is 13.0. The van der Waals surface area contributed by atoms with E-state index in [-0.39, 0.29) is 11.3 Å². The van der Waals surface area contributed by atoms with Crippen LogP contribution in [0, 0.1) is 0 Å². The van der Waals surface area contributed by atoms with Crippen LogP contribution in [0.2, 0.25) is 0 Å². The second-order valence-electron chi connectivity index (χ2n) is 6.01. The number of para-hydroxylation sites is 1. The molecule has 0 atom stereocenters. The molecule has 136 valence electrons. The number of ether oxygens (including phenoxy) is 1. The highest BCUT2D eigenvalue weighted by Gasteiger charge is 2.13. The first kappa shape index (κ1) is 18.2. The molecule has 0 aliphatic carbocycles. The summed E-state index contributed by atoms with van der Waals surface area (Å²) in [4.78, 5) is 23.7. The van der Waals surface area contributed by atoms with Crippen LogP contribution in [0.25, 0.3) is 0 Å². The van der Waals surface area contributed by atoms with E-state index in [9.17, 15) is 19.8 Å². The molecule has 0 amide bonds. The van der Waals surface area contributed by atoms with Gasteiger partial charge in [0, 0.05) is 0 Å². The highest BCUT2D eigenvalue weighted by Crippen LogP contribution is 2.23. The van der Waals surface area contributed by atoms with Crippen molar-refractivity contribution < 1.29 is 24.5 Å². The van der Waals surface area contributed by atoms with Crippen LogP contribution in [0.1, 0.15) is 31.8 Å². The molecule has 0 heterocycles. The van der Waals surface area contributed by atoms with Gasteiger partial charge in [-0.1, -0.05) is 36.4 Å². The SMILES string of the molecule is O=C(Oc1ccccc1CCc1ccccc1C(=O)O)c1ccc(O)cc1. The van der Waals surface area contributed by atoms with E-state index in [1.807, 2.05) is 12.1 Å². The number of hydrogen-bond acceptors (Lipinski definition) is 4. The zero-order valence-electron chi connectivity index (χ0n) is 14.5.